The molecule has 1 N–H and O–H groups in total. The van der Waals surface area contributed by atoms with Crippen molar-refractivity contribution in [2.75, 3.05) is 0 Å². The fourth-order valence-corrected chi connectivity index (χ4v) is 3.65. The predicted octanol–water partition coefficient (Wildman–Crippen LogP) is 2.68. The van der Waals surface area contributed by atoms with Crippen molar-refractivity contribution in [1.29, 1.82) is 0 Å². The van der Waals surface area contributed by atoms with Gasteiger partial charge in [0.1, 0.15) is 6.10 Å². The molecular formula is C14H17NO2. The number of rotatable bonds is 0. The van der Waals surface area contributed by atoms with Crippen molar-refractivity contribution in [3.8, 4) is 0 Å². The Balaban J connectivity index is 1.82. The van der Waals surface area contributed by atoms with Crippen LogP contribution in [0, 0.1) is 0 Å². The van der Waals surface area contributed by atoms with E-state index in [0.29, 0.717) is 0 Å². The largest absolute Gasteiger partial charge is 0.386 e. The molecule has 1 aromatic rings. The molecule has 2 aliphatic heterocycles. The van der Waals surface area contributed by atoms with E-state index in [2.05, 4.69) is 17.2 Å². The zero-order valence-corrected chi connectivity index (χ0v) is 9.80. The molecule has 1 spiro atoms. The molecular weight excluding hydrogens is 214 g/mol. The number of benzene rings is 1. The Kier molecular flexibility index (Phi) is 1.96. The molecule has 2 fully saturated rings. The van der Waals surface area contributed by atoms with Crippen molar-refractivity contribution >= 4 is 0 Å². The SMILES string of the molecule is O[C@H]1c2ccccc2[C@H]2ON2C12CCCCC2. The highest BCUT2D eigenvalue weighted by molar-refractivity contribution is 5.38. The van der Waals surface area contributed by atoms with Gasteiger partial charge in [0.25, 0.3) is 0 Å². The summed E-state index contributed by atoms with van der Waals surface area (Å²) in [6.07, 6.45) is 5.51. The number of nitrogens with zero attached hydrogens (tertiary/aromatic N) is 1. The van der Waals surface area contributed by atoms with Crippen molar-refractivity contribution < 1.29 is 9.94 Å². The van der Waals surface area contributed by atoms with Gasteiger partial charge in [-0.25, -0.2) is 0 Å². The zero-order valence-electron chi connectivity index (χ0n) is 9.80. The summed E-state index contributed by atoms with van der Waals surface area (Å²) in [5.41, 5.74) is 2.08. The zero-order chi connectivity index (χ0) is 11.5. The number of aliphatic hydroxyl groups is 1. The van der Waals surface area contributed by atoms with Gasteiger partial charge in [-0.15, -0.1) is 5.06 Å². The van der Waals surface area contributed by atoms with Crippen molar-refractivity contribution in [2.45, 2.75) is 50.0 Å². The first kappa shape index (κ1) is 10.1. The van der Waals surface area contributed by atoms with Crippen molar-refractivity contribution in [3.05, 3.63) is 35.4 Å². The lowest BCUT2D eigenvalue weighted by atomic mass is 9.72. The number of hydrogen-bond donors (Lipinski definition) is 1. The Hall–Kier alpha value is -0.900. The van der Waals surface area contributed by atoms with Crippen LogP contribution in [0.25, 0.3) is 0 Å². The van der Waals surface area contributed by atoms with Crippen molar-refractivity contribution in [1.82, 2.24) is 5.06 Å². The van der Waals surface area contributed by atoms with Gasteiger partial charge < -0.3 is 5.11 Å². The Morgan fingerprint density at radius 3 is 2.59 bits per heavy atom. The van der Waals surface area contributed by atoms with E-state index in [4.69, 9.17) is 4.84 Å². The van der Waals surface area contributed by atoms with Gasteiger partial charge in [-0.2, -0.15) is 0 Å². The minimum Gasteiger partial charge on any atom is -0.386 e. The summed E-state index contributed by atoms with van der Waals surface area (Å²) in [4.78, 5) is 5.74. The number of hydrogen-bond acceptors (Lipinski definition) is 3. The van der Waals surface area contributed by atoms with Crippen LogP contribution in [-0.4, -0.2) is 15.7 Å². The Morgan fingerprint density at radius 2 is 1.82 bits per heavy atom. The van der Waals surface area contributed by atoms with E-state index in [1.54, 1.807) is 0 Å². The average Bonchev–Trinajstić information content (AvgIpc) is 3.19. The van der Waals surface area contributed by atoms with Gasteiger partial charge >= 0.3 is 0 Å². The van der Waals surface area contributed by atoms with E-state index in [-0.39, 0.29) is 11.8 Å². The molecule has 3 nitrogen and oxygen atoms in total. The predicted molar refractivity (Wildman–Crippen MR) is 62.9 cm³/mol. The number of fused-ring (bicyclic) bond motifs is 4. The fraction of sp³-hybridized carbons (Fsp3) is 0.571. The number of hydroxylamine groups is 2. The van der Waals surface area contributed by atoms with Crippen LogP contribution in [0.15, 0.2) is 24.3 Å². The van der Waals surface area contributed by atoms with Crippen molar-refractivity contribution in [2.24, 2.45) is 0 Å². The molecule has 90 valence electrons. The van der Waals surface area contributed by atoms with Crippen LogP contribution in [0.2, 0.25) is 0 Å². The van der Waals surface area contributed by atoms with E-state index in [0.717, 1.165) is 24.0 Å². The maximum atomic E-state index is 10.7. The molecule has 1 saturated carbocycles. The molecule has 0 radical (unpaired) electrons. The van der Waals surface area contributed by atoms with Gasteiger partial charge in [0.2, 0.25) is 0 Å². The minimum atomic E-state index is -0.391. The highest BCUT2D eigenvalue weighted by Gasteiger charge is 2.61. The lowest BCUT2D eigenvalue weighted by molar-refractivity contribution is -0.0681. The number of aliphatic hydroxyl groups excluding tert-OH is 1. The molecule has 0 bridgehead atoms. The monoisotopic (exact) mass is 231 g/mol. The second-order valence-corrected chi connectivity index (χ2v) is 5.48. The summed E-state index contributed by atoms with van der Waals surface area (Å²) in [5.74, 6) is 0. The molecule has 3 atom stereocenters. The van der Waals surface area contributed by atoms with E-state index in [9.17, 15) is 5.11 Å². The fourth-order valence-electron chi connectivity index (χ4n) is 3.65. The second kappa shape index (κ2) is 3.31. The molecule has 2 heterocycles. The third-order valence-corrected chi connectivity index (χ3v) is 4.60. The van der Waals surface area contributed by atoms with E-state index in [1.807, 2.05) is 12.1 Å². The van der Waals surface area contributed by atoms with Crippen LogP contribution >= 0.6 is 0 Å². The van der Waals surface area contributed by atoms with Crippen LogP contribution in [0.1, 0.15) is 55.6 Å². The molecule has 4 rings (SSSR count). The Bertz CT molecular complexity index is 453. The minimum absolute atomic E-state index is 0.104. The molecule has 1 saturated heterocycles. The Labute approximate surface area is 101 Å². The van der Waals surface area contributed by atoms with Gasteiger partial charge in [0.15, 0.2) is 6.23 Å². The van der Waals surface area contributed by atoms with E-state index < -0.39 is 6.10 Å². The van der Waals surface area contributed by atoms with Gasteiger partial charge in [0, 0.05) is 5.56 Å². The molecule has 1 aliphatic carbocycles. The quantitative estimate of drug-likeness (QED) is 0.697. The normalized spacial score (nSPS) is 37.4. The molecule has 1 aromatic carbocycles. The van der Waals surface area contributed by atoms with Gasteiger partial charge in [-0.3, -0.25) is 4.84 Å². The molecule has 3 aliphatic rings. The third kappa shape index (κ3) is 1.22. The standard InChI is InChI=1S/C14H17NO2/c16-12-10-6-2-3-7-11(10)13-15(17-13)14(12)8-4-1-5-9-14/h2-3,6-7,12-13,16H,1,4-5,8-9H2/t12-,13+,15?/m0/s1. The second-order valence-electron chi connectivity index (χ2n) is 5.48. The highest BCUT2D eigenvalue weighted by atomic mass is 16.8. The third-order valence-electron chi connectivity index (χ3n) is 4.60. The van der Waals surface area contributed by atoms with Crippen LogP contribution in [0.3, 0.4) is 0 Å². The first-order chi connectivity index (χ1) is 8.33. The van der Waals surface area contributed by atoms with E-state index in [1.165, 1.54) is 19.3 Å². The summed E-state index contributed by atoms with van der Waals surface area (Å²) < 4.78 is 0. The summed E-state index contributed by atoms with van der Waals surface area (Å²) >= 11 is 0. The topological polar surface area (TPSA) is 35.8 Å². The summed E-state index contributed by atoms with van der Waals surface area (Å²) in [7, 11) is 0. The molecule has 17 heavy (non-hydrogen) atoms. The first-order valence-electron chi connectivity index (χ1n) is 6.56. The lowest BCUT2D eigenvalue weighted by Gasteiger charge is -2.43. The lowest BCUT2D eigenvalue weighted by Crippen LogP contribution is -2.48. The first-order valence-corrected chi connectivity index (χ1v) is 6.56. The summed E-state index contributed by atoms with van der Waals surface area (Å²) in [6.45, 7) is 0. The van der Waals surface area contributed by atoms with Crippen LogP contribution in [0.4, 0.5) is 0 Å². The van der Waals surface area contributed by atoms with Crippen LogP contribution in [0.5, 0.6) is 0 Å². The smallest absolute Gasteiger partial charge is 0.181 e. The van der Waals surface area contributed by atoms with Crippen molar-refractivity contribution in [3.63, 3.8) is 0 Å². The van der Waals surface area contributed by atoms with Crippen LogP contribution < -0.4 is 0 Å². The van der Waals surface area contributed by atoms with Crippen LogP contribution in [-0.2, 0) is 4.84 Å². The van der Waals surface area contributed by atoms with Gasteiger partial charge in [0.05, 0.1) is 5.54 Å². The van der Waals surface area contributed by atoms with Gasteiger partial charge in [-0.05, 0) is 18.4 Å². The summed E-state index contributed by atoms with van der Waals surface area (Å²) in [6, 6.07) is 8.15. The molecule has 1 unspecified atom stereocenters. The summed E-state index contributed by atoms with van der Waals surface area (Å²) in [5, 5.41) is 12.8. The maximum absolute atomic E-state index is 10.7. The average molecular weight is 231 g/mol. The van der Waals surface area contributed by atoms with E-state index >= 15 is 0 Å². The molecule has 0 aromatic heterocycles. The molecule has 0 amide bonds. The maximum Gasteiger partial charge on any atom is 0.181 e. The molecule has 3 heteroatoms. The van der Waals surface area contributed by atoms with Gasteiger partial charge in [-0.1, -0.05) is 43.5 Å². The highest BCUT2D eigenvalue weighted by Crippen LogP contribution is 2.59. The Morgan fingerprint density at radius 1 is 1.12 bits per heavy atom.